The number of methoxy groups -OCH3 is 1. The van der Waals surface area contributed by atoms with Crippen LogP contribution in [0.25, 0.3) is 11.4 Å². The largest absolute Gasteiger partial charge is 0.496 e. The molecule has 2 unspecified atom stereocenters. The molecule has 6 heteroatoms. The lowest BCUT2D eigenvalue weighted by atomic mass is 10.0. The Bertz CT molecular complexity index is 614. The highest BCUT2D eigenvalue weighted by Crippen LogP contribution is 2.33. The van der Waals surface area contributed by atoms with Crippen molar-refractivity contribution in [3.8, 4) is 17.1 Å². The summed E-state index contributed by atoms with van der Waals surface area (Å²) >= 11 is 5.96. The van der Waals surface area contributed by atoms with Crippen molar-refractivity contribution >= 4 is 11.6 Å². The average Bonchev–Trinajstić information content (AvgIpc) is 3.07. The van der Waals surface area contributed by atoms with Crippen LogP contribution in [0.5, 0.6) is 5.75 Å². The van der Waals surface area contributed by atoms with Crippen molar-refractivity contribution in [2.24, 2.45) is 5.92 Å². The first kappa shape index (κ1) is 13.4. The molecule has 5 nitrogen and oxygen atoms in total. The lowest BCUT2D eigenvalue weighted by Gasteiger charge is -2.09. The molecule has 0 saturated carbocycles. The molecule has 0 aliphatic carbocycles. The molecule has 1 N–H and O–H groups in total. The number of hydrogen-bond acceptors (Lipinski definition) is 5. The smallest absolute Gasteiger partial charge is 0.244 e. The van der Waals surface area contributed by atoms with Crippen LogP contribution in [0.2, 0.25) is 5.02 Å². The zero-order valence-electron chi connectivity index (χ0n) is 11.4. The first-order chi connectivity index (χ1) is 9.69. The molecule has 1 aliphatic heterocycles. The maximum atomic E-state index is 5.96. The molecule has 0 radical (unpaired) electrons. The topological polar surface area (TPSA) is 60.2 Å². The number of hydrogen-bond donors (Lipinski definition) is 1. The van der Waals surface area contributed by atoms with Crippen LogP contribution in [0.3, 0.4) is 0 Å². The van der Waals surface area contributed by atoms with Crippen molar-refractivity contribution in [1.29, 1.82) is 0 Å². The van der Waals surface area contributed by atoms with E-state index in [4.69, 9.17) is 20.9 Å². The second-order valence-corrected chi connectivity index (χ2v) is 5.44. The summed E-state index contributed by atoms with van der Waals surface area (Å²) < 4.78 is 10.7. The van der Waals surface area contributed by atoms with Gasteiger partial charge in [0.15, 0.2) is 0 Å². The van der Waals surface area contributed by atoms with Crippen molar-refractivity contribution in [2.45, 2.75) is 19.4 Å². The third-order valence-electron chi connectivity index (χ3n) is 3.65. The highest BCUT2D eigenvalue weighted by molar-refractivity contribution is 6.30. The molecule has 20 heavy (non-hydrogen) atoms. The number of halogens is 1. The summed E-state index contributed by atoms with van der Waals surface area (Å²) in [7, 11) is 1.59. The van der Waals surface area contributed by atoms with Gasteiger partial charge in [-0.05, 0) is 37.1 Å². The zero-order valence-corrected chi connectivity index (χ0v) is 12.1. The molecule has 2 atom stereocenters. The Morgan fingerprint density at radius 3 is 3.00 bits per heavy atom. The van der Waals surface area contributed by atoms with E-state index in [1.165, 1.54) is 0 Å². The van der Waals surface area contributed by atoms with Gasteiger partial charge in [0, 0.05) is 5.02 Å². The molecular weight excluding hydrogens is 278 g/mol. The molecule has 1 saturated heterocycles. The van der Waals surface area contributed by atoms with E-state index < -0.39 is 0 Å². The van der Waals surface area contributed by atoms with Gasteiger partial charge in [-0.2, -0.15) is 4.98 Å². The van der Waals surface area contributed by atoms with E-state index in [9.17, 15) is 0 Å². The zero-order chi connectivity index (χ0) is 14.1. The summed E-state index contributed by atoms with van der Waals surface area (Å²) in [6.45, 7) is 3.16. The normalized spacial score (nSPS) is 22.1. The maximum absolute atomic E-state index is 5.96. The van der Waals surface area contributed by atoms with E-state index in [-0.39, 0.29) is 6.04 Å². The quantitative estimate of drug-likeness (QED) is 0.942. The summed E-state index contributed by atoms with van der Waals surface area (Å²) in [6, 6.07) is 5.49. The van der Waals surface area contributed by atoms with Gasteiger partial charge in [0.1, 0.15) is 5.75 Å². The predicted molar refractivity (Wildman–Crippen MR) is 75.8 cm³/mol. The number of nitrogens with zero attached hydrogens (tertiary/aromatic N) is 2. The first-order valence-corrected chi connectivity index (χ1v) is 6.97. The Balaban J connectivity index is 1.94. The molecule has 1 aromatic carbocycles. The SMILES string of the molecule is COc1cc(Cl)ccc1-c1noc(C2NCCC2C)n1. The van der Waals surface area contributed by atoms with Gasteiger partial charge in [0.2, 0.25) is 11.7 Å². The van der Waals surface area contributed by atoms with Gasteiger partial charge in [-0.1, -0.05) is 23.7 Å². The van der Waals surface area contributed by atoms with Crippen LogP contribution in [0.1, 0.15) is 25.3 Å². The van der Waals surface area contributed by atoms with E-state index in [0.29, 0.717) is 28.4 Å². The third-order valence-corrected chi connectivity index (χ3v) is 3.88. The summed E-state index contributed by atoms with van der Waals surface area (Å²) in [6.07, 6.45) is 1.12. The van der Waals surface area contributed by atoms with Crippen LogP contribution in [0, 0.1) is 5.92 Å². The van der Waals surface area contributed by atoms with E-state index in [0.717, 1.165) is 18.5 Å². The van der Waals surface area contributed by atoms with Gasteiger partial charge >= 0.3 is 0 Å². The van der Waals surface area contributed by atoms with Crippen LogP contribution < -0.4 is 10.1 Å². The van der Waals surface area contributed by atoms with Gasteiger partial charge in [-0.25, -0.2) is 0 Å². The van der Waals surface area contributed by atoms with Crippen molar-refractivity contribution in [2.75, 3.05) is 13.7 Å². The molecular formula is C14H16ClN3O2. The fourth-order valence-corrected chi connectivity index (χ4v) is 2.65. The number of nitrogens with one attached hydrogen (secondary N) is 1. The first-order valence-electron chi connectivity index (χ1n) is 6.60. The van der Waals surface area contributed by atoms with Gasteiger partial charge in [-0.3, -0.25) is 0 Å². The molecule has 1 aromatic heterocycles. The summed E-state index contributed by atoms with van der Waals surface area (Å²) in [5.74, 6) is 2.28. The van der Waals surface area contributed by atoms with Gasteiger partial charge in [0.05, 0.1) is 18.7 Å². The molecule has 2 heterocycles. The fraction of sp³-hybridized carbons (Fsp3) is 0.429. The molecule has 2 aromatic rings. The monoisotopic (exact) mass is 293 g/mol. The molecule has 1 aliphatic rings. The molecule has 0 amide bonds. The number of rotatable bonds is 3. The Hall–Kier alpha value is -1.59. The van der Waals surface area contributed by atoms with Crippen LogP contribution in [-0.2, 0) is 0 Å². The lowest BCUT2D eigenvalue weighted by molar-refractivity contribution is 0.319. The number of ether oxygens (including phenoxy) is 1. The Labute approximate surface area is 122 Å². The van der Waals surface area contributed by atoms with Gasteiger partial charge in [0.25, 0.3) is 0 Å². The van der Waals surface area contributed by atoms with E-state index in [1.807, 2.05) is 6.07 Å². The molecule has 0 spiro atoms. The van der Waals surface area contributed by atoms with Crippen molar-refractivity contribution in [3.05, 3.63) is 29.1 Å². The Morgan fingerprint density at radius 2 is 2.30 bits per heavy atom. The highest BCUT2D eigenvalue weighted by atomic mass is 35.5. The Morgan fingerprint density at radius 1 is 1.45 bits per heavy atom. The highest BCUT2D eigenvalue weighted by Gasteiger charge is 2.29. The van der Waals surface area contributed by atoms with E-state index >= 15 is 0 Å². The van der Waals surface area contributed by atoms with Crippen LogP contribution in [0.15, 0.2) is 22.7 Å². The minimum atomic E-state index is 0.134. The van der Waals surface area contributed by atoms with E-state index in [1.54, 1.807) is 19.2 Å². The molecule has 106 valence electrons. The second kappa shape index (κ2) is 5.42. The Kier molecular flexibility index (Phi) is 3.63. The van der Waals surface area contributed by atoms with Gasteiger partial charge in [-0.15, -0.1) is 0 Å². The summed E-state index contributed by atoms with van der Waals surface area (Å²) in [5, 5.41) is 8.04. The van der Waals surface area contributed by atoms with Gasteiger partial charge < -0.3 is 14.6 Å². The van der Waals surface area contributed by atoms with Crippen molar-refractivity contribution in [3.63, 3.8) is 0 Å². The average molecular weight is 294 g/mol. The van der Waals surface area contributed by atoms with Crippen molar-refractivity contribution in [1.82, 2.24) is 15.5 Å². The number of aromatic nitrogens is 2. The predicted octanol–water partition coefficient (Wildman–Crippen LogP) is 3.07. The minimum absolute atomic E-state index is 0.134. The van der Waals surface area contributed by atoms with Crippen molar-refractivity contribution < 1.29 is 9.26 Å². The molecule has 3 rings (SSSR count). The number of benzene rings is 1. The molecule has 0 bridgehead atoms. The minimum Gasteiger partial charge on any atom is -0.496 e. The molecule has 1 fully saturated rings. The maximum Gasteiger partial charge on any atom is 0.244 e. The third kappa shape index (κ3) is 2.39. The fourth-order valence-electron chi connectivity index (χ4n) is 2.49. The summed E-state index contributed by atoms with van der Waals surface area (Å²) in [4.78, 5) is 4.49. The van der Waals surface area contributed by atoms with Crippen LogP contribution in [0.4, 0.5) is 0 Å². The standard InChI is InChI=1S/C14H16ClN3O2/c1-8-5-6-16-12(8)14-17-13(18-20-14)10-4-3-9(15)7-11(10)19-2/h3-4,7-8,12,16H,5-6H2,1-2H3. The summed E-state index contributed by atoms with van der Waals surface area (Å²) in [5.41, 5.74) is 0.776. The lowest BCUT2D eigenvalue weighted by Crippen LogP contribution is -2.16. The van der Waals surface area contributed by atoms with E-state index in [2.05, 4.69) is 22.4 Å². The second-order valence-electron chi connectivity index (χ2n) is 5.00. The van der Waals surface area contributed by atoms with Crippen LogP contribution in [-0.4, -0.2) is 23.8 Å². The van der Waals surface area contributed by atoms with Crippen LogP contribution >= 0.6 is 11.6 Å².